The summed E-state index contributed by atoms with van der Waals surface area (Å²) in [5.74, 6) is 1.96. The van der Waals surface area contributed by atoms with Crippen LogP contribution in [0.2, 0.25) is 0 Å². The molecule has 0 amide bonds. The summed E-state index contributed by atoms with van der Waals surface area (Å²) in [5, 5.41) is 1.26. The van der Waals surface area contributed by atoms with E-state index in [9.17, 15) is 0 Å². The number of aromatic nitrogens is 4. The van der Waals surface area contributed by atoms with E-state index in [0.717, 1.165) is 27.8 Å². The first-order valence-electron chi connectivity index (χ1n) is 15.3. The normalized spacial score (nSPS) is 11.5. The quantitative estimate of drug-likeness (QED) is 0.196. The monoisotopic (exact) mass is 606 g/mol. The summed E-state index contributed by atoms with van der Waals surface area (Å²) in [7, 11) is 0. The molecule has 0 radical (unpaired) electrons. The van der Waals surface area contributed by atoms with Gasteiger partial charge in [0.2, 0.25) is 0 Å². The fraction of sp³-hybridized carbons (Fsp3) is 0. The van der Waals surface area contributed by atoms with Crippen molar-refractivity contribution in [2.45, 2.75) is 0 Å². The number of thiazole rings is 1. The maximum absolute atomic E-state index is 4.96. The smallest absolute Gasteiger partial charge is 0.164 e. The summed E-state index contributed by atoms with van der Waals surface area (Å²) in [5.41, 5.74) is 10.1. The highest BCUT2D eigenvalue weighted by atomic mass is 32.1. The molecule has 0 fully saturated rings. The molecule has 0 saturated heterocycles. The van der Waals surface area contributed by atoms with Crippen molar-refractivity contribution in [3.63, 3.8) is 0 Å². The fourth-order valence-corrected chi connectivity index (χ4v) is 7.53. The van der Waals surface area contributed by atoms with Crippen LogP contribution >= 0.6 is 11.3 Å². The first-order chi connectivity index (χ1) is 22.8. The average molecular weight is 607 g/mol. The molecule has 9 rings (SSSR count). The number of rotatable bonds is 5. The molecule has 0 atom stereocenters. The zero-order valence-corrected chi connectivity index (χ0v) is 25.5. The summed E-state index contributed by atoms with van der Waals surface area (Å²) in [6, 6.07) is 55.0. The van der Waals surface area contributed by atoms with Gasteiger partial charge in [-0.1, -0.05) is 127 Å². The lowest BCUT2D eigenvalue weighted by atomic mass is 9.97. The van der Waals surface area contributed by atoms with Gasteiger partial charge in [0.05, 0.1) is 15.7 Å². The van der Waals surface area contributed by atoms with Crippen molar-refractivity contribution in [2.75, 3.05) is 0 Å². The van der Waals surface area contributed by atoms with Gasteiger partial charge < -0.3 is 0 Å². The summed E-state index contributed by atoms with van der Waals surface area (Å²) in [6.45, 7) is 0. The minimum absolute atomic E-state index is 0.649. The van der Waals surface area contributed by atoms with Gasteiger partial charge >= 0.3 is 0 Å². The summed E-state index contributed by atoms with van der Waals surface area (Å²) in [4.78, 5) is 16.0. The van der Waals surface area contributed by atoms with Gasteiger partial charge in [0, 0.05) is 27.6 Å². The molecule has 0 spiro atoms. The molecular formula is C41H26N4S. The van der Waals surface area contributed by atoms with Crippen molar-refractivity contribution in [3.8, 4) is 56.4 Å². The summed E-state index contributed by atoms with van der Waals surface area (Å²) < 4.78 is 3.70. The standard InChI is InChI=1S/C41H26N4S/c1-3-13-27(14-4-1)38-42-39(28-15-5-2-6-16-28)44-40(43-38)32-20-12-18-30(26-32)29-17-11-19-31(25-29)37-33-21-7-8-22-34(33)45-35-23-9-10-24-36(35)46-41(37)45/h1-26H. The third-order valence-electron chi connectivity index (χ3n) is 8.45. The Kier molecular flexibility index (Phi) is 6.28. The molecule has 0 N–H and O–H groups in total. The molecule has 0 saturated carbocycles. The lowest BCUT2D eigenvalue weighted by Gasteiger charge is -2.10. The highest BCUT2D eigenvalue weighted by Crippen LogP contribution is 2.42. The number of hydrogen-bond donors (Lipinski definition) is 0. The summed E-state index contributed by atoms with van der Waals surface area (Å²) in [6.07, 6.45) is 0. The largest absolute Gasteiger partial charge is 0.299 e. The number of nitrogens with zero attached hydrogens (tertiary/aromatic N) is 4. The first-order valence-corrected chi connectivity index (χ1v) is 16.1. The van der Waals surface area contributed by atoms with Crippen LogP contribution in [0.5, 0.6) is 0 Å². The van der Waals surface area contributed by atoms with E-state index >= 15 is 0 Å². The zero-order valence-electron chi connectivity index (χ0n) is 24.7. The molecule has 0 aliphatic heterocycles. The SMILES string of the molecule is c1ccc(-c2nc(-c3ccccc3)nc(-c3cccc(-c4cccc(-c5c6ccccc6n6c5sc5ccccc56)c4)c3)n2)cc1. The molecule has 4 nitrogen and oxygen atoms in total. The van der Waals surface area contributed by atoms with Crippen molar-refractivity contribution < 1.29 is 0 Å². The number of benzene rings is 6. The minimum atomic E-state index is 0.649. The van der Waals surface area contributed by atoms with E-state index in [2.05, 4.69) is 101 Å². The zero-order chi connectivity index (χ0) is 30.5. The van der Waals surface area contributed by atoms with Crippen LogP contribution in [0.3, 0.4) is 0 Å². The summed E-state index contributed by atoms with van der Waals surface area (Å²) >= 11 is 1.85. The number of para-hydroxylation sites is 2. The fourth-order valence-electron chi connectivity index (χ4n) is 6.29. The highest BCUT2D eigenvalue weighted by Gasteiger charge is 2.18. The van der Waals surface area contributed by atoms with Crippen molar-refractivity contribution in [2.24, 2.45) is 0 Å². The van der Waals surface area contributed by atoms with E-state index < -0.39 is 0 Å². The van der Waals surface area contributed by atoms with Gasteiger partial charge in [-0.05, 0) is 47.0 Å². The first kappa shape index (κ1) is 26.5. The molecule has 6 aromatic carbocycles. The third kappa shape index (κ3) is 4.48. The van der Waals surface area contributed by atoms with Crippen LogP contribution in [0.1, 0.15) is 0 Å². The maximum atomic E-state index is 4.96. The molecule has 0 bridgehead atoms. The van der Waals surface area contributed by atoms with E-state index in [1.807, 2.05) is 72.0 Å². The van der Waals surface area contributed by atoms with E-state index in [4.69, 9.17) is 15.0 Å². The molecule has 0 aliphatic rings. The van der Waals surface area contributed by atoms with Crippen LogP contribution in [0, 0.1) is 0 Å². The van der Waals surface area contributed by atoms with Crippen LogP contribution in [-0.4, -0.2) is 19.4 Å². The lowest BCUT2D eigenvalue weighted by Crippen LogP contribution is -2.00. The molecular weight excluding hydrogens is 581 g/mol. The number of fused-ring (bicyclic) bond motifs is 5. The van der Waals surface area contributed by atoms with Gasteiger partial charge in [-0.2, -0.15) is 0 Å². The molecule has 0 unspecified atom stereocenters. The second-order valence-electron chi connectivity index (χ2n) is 11.3. The van der Waals surface area contributed by atoms with Crippen molar-refractivity contribution in [1.29, 1.82) is 0 Å². The third-order valence-corrected chi connectivity index (χ3v) is 9.59. The van der Waals surface area contributed by atoms with Gasteiger partial charge in [0.15, 0.2) is 17.5 Å². The molecule has 3 aromatic heterocycles. The Morgan fingerprint density at radius 2 is 0.870 bits per heavy atom. The minimum Gasteiger partial charge on any atom is -0.299 e. The predicted octanol–water partition coefficient (Wildman–Crippen LogP) is 10.8. The second-order valence-corrected chi connectivity index (χ2v) is 12.3. The van der Waals surface area contributed by atoms with Crippen LogP contribution < -0.4 is 0 Å². The highest BCUT2D eigenvalue weighted by molar-refractivity contribution is 7.24. The lowest BCUT2D eigenvalue weighted by molar-refractivity contribution is 1.07. The molecule has 46 heavy (non-hydrogen) atoms. The van der Waals surface area contributed by atoms with Crippen molar-refractivity contribution >= 4 is 37.3 Å². The molecule has 3 heterocycles. The molecule has 5 heteroatoms. The van der Waals surface area contributed by atoms with Crippen molar-refractivity contribution in [1.82, 2.24) is 19.4 Å². The van der Waals surface area contributed by atoms with E-state index in [1.165, 1.54) is 37.1 Å². The van der Waals surface area contributed by atoms with Gasteiger partial charge in [0.1, 0.15) is 4.83 Å². The Bertz CT molecular complexity index is 2470. The van der Waals surface area contributed by atoms with Gasteiger partial charge in [-0.3, -0.25) is 4.40 Å². The Morgan fingerprint density at radius 3 is 1.54 bits per heavy atom. The van der Waals surface area contributed by atoms with E-state index in [1.54, 1.807) is 0 Å². The number of hydrogen-bond acceptors (Lipinski definition) is 4. The van der Waals surface area contributed by atoms with E-state index in [0.29, 0.717) is 17.5 Å². The second kappa shape index (κ2) is 10.9. The maximum Gasteiger partial charge on any atom is 0.164 e. The van der Waals surface area contributed by atoms with Crippen LogP contribution in [0.25, 0.3) is 82.4 Å². The van der Waals surface area contributed by atoms with E-state index in [-0.39, 0.29) is 0 Å². The Labute approximate surface area is 269 Å². The Balaban J connectivity index is 1.18. The molecule has 216 valence electrons. The molecule has 0 aliphatic carbocycles. The van der Waals surface area contributed by atoms with Crippen LogP contribution in [0.15, 0.2) is 158 Å². The van der Waals surface area contributed by atoms with Gasteiger partial charge in [0.25, 0.3) is 0 Å². The predicted molar refractivity (Wildman–Crippen MR) is 191 cm³/mol. The van der Waals surface area contributed by atoms with Crippen molar-refractivity contribution in [3.05, 3.63) is 158 Å². The molecule has 9 aromatic rings. The van der Waals surface area contributed by atoms with Crippen LogP contribution in [0.4, 0.5) is 0 Å². The topological polar surface area (TPSA) is 43.1 Å². The van der Waals surface area contributed by atoms with Gasteiger partial charge in [-0.25, -0.2) is 15.0 Å². The Morgan fingerprint density at radius 1 is 0.391 bits per heavy atom. The van der Waals surface area contributed by atoms with Gasteiger partial charge in [-0.15, -0.1) is 11.3 Å². The van der Waals surface area contributed by atoms with Crippen LogP contribution in [-0.2, 0) is 0 Å². The average Bonchev–Trinajstić information content (AvgIpc) is 3.67. The Hall–Kier alpha value is -5.91.